The van der Waals surface area contributed by atoms with Gasteiger partial charge in [0.05, 0.1) is 13.3 Å². The molecule has 4 heteroatoms. The smallest absolute Gasteiger partial charge is 0.355 e. The number of carbonyl (C=O) groups is 1. The predicted octanol–water partition coefficient (Wildman–Crippen LogP) is 2.46. The molecule has 0 unspecified atom stereocenters. The number of carboxylic acids is 1. The van der Waals surface area contributed by atoms with E-state index in [2.05, 4.69) is 4.98 Å². The van der Waals surface area contributed by atoms with Gasteiger partial charge in [0, 0.05) is 5.56 Å². The molecule has 86 valence electrons. The fourth-order valence-electron chi connectivity index (χ4n) is 1.57. The zero-order valence-electron chi connectivity index (χ0n) is 9.25. The molecule has 1 aromatic heterocycles. The largest absolute Gasteiger partial charge is 0.495 e. The maximum Gasteiger partial charge on any atom is 0.355 e. The lowest BCUT2D eigenvalue weighted by Gasteiger charge is -2.07. The quantitative estimate of drug-likeness (QED) is 0.878. The molecular formula is C13H11NO3. The van der Waals surface area contributed by atoms with Crippen molar-refractivity contribution in [3.63, 3.8) is 0 Å². The van der Waals surface area contributed by atoms with Gasteiger partial charge in [0.15, 0.2) is 5.69 Å². The van der Waals surface area contributed by atoms with E-state index in [1.165, 1.54) is 13.3 Å². The van der Waals surface area contributed by atoms with Gasteiger partial charge in [-0.25, -0.2) is 9.78 Å². The van der Waals surface area contributed by atoms with Crippen molar-refractivity contribution in [2.75, 3.05) is 7.11 Å². The Morgan fingerprint density at radius 2 is 2.00 bits per heavy atom. The third kappa shape index (κ3) is 2.25. The molecule has 0 aliphatic carbocycles. The van der Waals surface area contributed by atoms with Gasteiger partial charge in [0.1, 0.15) is 5.75 Å². The average molecular weight is 229 g/mol. The van der Waals surface area contributed by atoms with Crippen LogP contribution in [-0.4, -0.2) is 23.2 Å². The monoisotopic (exact) mass is 229 g/mol. The molecule has 0 saturated heterocycles. The Morgan fingerprint density at radius 1 is 1.29 bits per heavy atom. The van der Waals surface area contributed by atoms with Gasteiger partial charge in [-0.3, -0.25) is 0 Å². The minimum absolute atomic E-state index is 0.0250. The molecule has 2 rings (SSSR count). The van der Waals surface area contributed by atoms with Gasteiger partial charge in [-0.05, 0) is 11.6 Å². The van der Waals surface area contributed by atoms with Crippen molar-refractivity contribution in [3.8, 4) is 16.9 Å². The van der Waals surface area contributed by atoms with Crippen molar-refractivity contribution in [3.05, 3.63) is 48.3 Å². The molecule has 0 spiro atoms. The predicted molar refractivity (Wildman–Crippen MR) is 63.2 cm³/mol. The maximum atomic E-state index is 11.1. The van der Waals surface area contributed by atoms with E-state index in [-0.39, 0.29) is 5.69 Å². The standard InChI is InChI=1S/C13H11NO3/c1-17-10-7-11(9-5-3-2-4-6-9)12(13(15)16)14-8-10/h2-8H,1H3,(H,15,16). The number of carboxylic acid groups (broad SMARTS) is 1. The van der Waals surface area contributed by atoms with Crippen molar-refractivity contribution < 1.29 is 14.6 Å². The van der Waals surface area contributed by atoms with Gasteiger partial charge < -0.3 is 9.84 Å². The highest BCUT2D eigenvalue weighted by molar-refractivity contribution is 5.94. The summed E-state index contributed by atoms with van der Waals surface area (Å²) in [5.41, 5.74) is 1.38. The van der Waals surface area contributed by atoms with E-state index < -0.39 is 5.97 Å². The van der Waals surface area contributed by atoms with E-state index in [1.807, 2.05) is 30.3 Å². The second-order valence-corrected chi connectivity index (χ2v) is 3.44. The molecule has 0 amide bonds. The van der Waals surface area contributed by atoms with Crippen LogP contribution in [0.5, 0.6) is 5.75 Å². The molecule has 0 radical (unpaired) electrons. The third-order valence-electron chi connectivity index (χ3n) is 2.39. The fraction of sp³-hybridized carbons (Fsp3) is 0.0769. The average Bonchev–Trinajstić information content (AvgIpc) is 2.39. The lowest BCUT2D eigenvalue weighted by atomic mass is 10.0. The first-order valence-electron chi connectivity index (χ1n) is 5.05. The van der Waals surface area contributed by atoms with Crippen LogP contribution in [0.3, 0.4) is 0 Å². The van der Waals surface area contributed by atoms with E-state index in [9.17, 15) is 4.79 Å². The molecule has 0 saturated carbocycles. The summed E-state index contributed by atoms with van der Waals surface area (Å²) in [6, 6.07) is 10.9. The topological polar surface area (TPSA) is 59.4 Å². The van der Waals surface area contributed by atoms with E-state index in [0.717, 1.165) is 5.56 Å². The highest BCUT2D eigenvalue weighted by Crippen LogP contribution is 2.26. The molecule has 0 atom stereocenters. The number of methoxy groups -OCH3 is 1. The van der Waals surface area contributed by atoms with Crippen molar-refractivity contribution >= 4 is 5.97 Å². The second kappa shape index (κ2) is 4.65. The van der Waals surface area contributed by atoms with Gasteiger partial charge in [0.25, 0.3) is 0 Å². The van der Waals surface area contributed by atoms with E-state index in [0.29, 0.717) is 11.3 Å². The fourth-order valence-corrected chi connectivity index (χ4v) is 1.57. The number of hydrogen-bond acceptors (Lipinski definition) is 3. The number of ether oxygens (including phenoxy) is 1. The van der Waals surface area contributed by atoms with Gasteiger partial charge >= 0.3 is 5.97 Å². The summed E-state index contributed by atoms with van der Waals surface area (Å²) in [4.78, 5) is 15.0. The summed E-state index contributed by atoms with van der Waals surface area (Å²) in [6.45, 7) is 0. The molecule has 1 N–H and O–H groups in total. The summed E-state index contributed by atoms with van der Waals surface area (Å²) < 4.78 is 5.06. The van der Waals surface area contributed by atoms with Crippen LogP contribution >= 0.6 is 0 Å². The summed E-state index contributed by atoms with van der Waals surface area (Å²) in [5.74, 6) is -0.514. The summed E-state index contributed by atoms with van der Waals surface area (Å²) in [5, 5.41) is 9.09. The van der Waals surface area contributed by atoms with E-state index in [1.54, 1.807) is 6.07 Å². The number of aromatic nitrogens is 1. The van der Waals surface area contributed by atoms with Crippen LogP contribution in [0.15, 0.2) is 42.6 Å². The molecule has 1 aromatic carbocycles. The molecular weight excluding hydrogens is 218 g/mol. The Hall–Kier alpha value is -2.36. The first kappa shape index (κ1) is 11.1. The van der Waals surface area contributed by atoms with Crippen LogP contribution in [0.1, 0.15) is 10.5 Å². The van der Waals surface area contributed by atoms with Gasteiger partial charge in [-0.15, -0.1) is 0 Å². The first-order chi connectivity index (χ1) is 8.22. The molecule has 0 fully saturated rings. The maximum absolute atomic E-state index is 11.1. The molecule has 0 aliphatic rings. The van der Waals surface area contributed by atoms with Gasteiger partial charge in [-0.1, -0.05) is 30.3 Å². The SMILES string of the molecule is COc1cnc(C(=O)O)c(-c2ccccc2)c1. The Kier molecular flexibility index (Phi) is 3.05. The Labute approximate surface area is 98.5 Å². The number of benzene rings is 1. The van der Waals surface area contributed by atoms with Crippen molar-refractivity contribution in [1.82, 2.24) is 4.98 Å². The van der Waals surface area contributed by atoms with Crippen LogP contribution in [0, 0.1) is 0 Å². The van der Waals surface area contributed by atoms with E-state index >= 15 is 0 Å². The van der Waals surface area contributed by atoms with Crippen molar-refractivity contribution in [2.24, 2.45) is 0 Å². The highest BCUT2D eigenvalue weighted by Gasteiger charge is 2.14. The number of aromatic carboxylic acids is 1. The second-order valence-electron chi connectivity index (χ2n) is 3.44. The van der Waals surface area contributed by atoms with Gasteiger partial charge in [0.2, 0.25) is 0 Å². The Balaban J connectivity index is 2.61. The zero-order chi connectivity index (χ0) is 12.3. The molecule has 0 aliphatic heterocycles. The van der Waals surface area contributed by atoms with Crippen molar-refractivity contribution in [2.45, 2.75) is 0 Å². The lowest BCUT2D eigenvalue weighted by Crippen LogP contribution is -2.03. The molecule has 1 heterocycles. The zero-order valence-corrected chi connectivity index (χ0v) is 9.25. The van der Waals surface area contributed by atoms with Crippen LogP contribution in [0.4, 0.5) is 0 Å². The molecule has 4 nitrogen and oxygen atoms in total. The molecule has 2 aromatic rings. The highest BCUT2D eigenvalue weighted by atomic mass is 16.5. The van der Waals surface area contributed by atoms with Crippen LogP contribution in [0.25, 0.3) is 11.1 Å². The number of nitrogens with zero attached hydrogens (tertiary/aromatic N) is 1. The Morgan fingerprint density at radius 3 is 2.59 bits per heavy atom. The molecule has 17 heavy (non-hydrogen) atoms. The minimum Gasteiger partial charge on any atom is -0.495 e. The first-order valence-corrected chi connectivity index (χ1v) is 5.05. The lowest BCUT2D eigenvalue weighted by molar-refractivity contribution is 0.0691. The van der Waals surface area contributed by atoms with Gasteiger partial charge in [-0.2, -0.15) is 0 Å². The molecule has 0 bridgehead atoms. The Bertz CT molecular complexity index is 538. The minimum atomic E-state index is -1.05. The van der Waals surface area contributed by atoms with Crippen LogP contribution in [0.2, 0.25) is 0 Å². The number of rotatable bonds is 3. The number of pyridine rings is 1. The third-order valence-corrected chi connectivity index (χ3v) is 2.39. The van der Waals surface area contributed by atoms with E-state index in [4.69, 9.17) is 9.84 Å². The summed E-state index contributed by atoms with van der Waals surface area (Å²) in [7, 11) is 1.52. The summed E-state index contributed by atoms with van der Waals surface area (Å²) >= 11 is 0. The number of hydrogen-bond donors (Lipinski definition) is 1. The summed E-state index contributed by atoms with van der Waals surface area (Å²) in [6.07, 6.45) is 1.40. The van der Waals surface area contributed by atoms with Crippen LogP contribution < -0.4 is 4.74 Å². The van der Waals surface area contributed by atoms with Crippen molar-refractivity contribution in [1.29, 1.82) is 0 Å². The normalized spacial score (nSPS) is 9.94. The van der Waals surface area contributed by atoms with Crippen LogP contribution in [-0.2, 0) is 0 Å².